The second-order valence-electron chi connectivity index (χ2n) is 8.01. The lowest BCUT2D eigenvalue weighted by atomic mass is 9.74. The van der Waals surface area contributed by atoms with Gasteiger partial charge >= 0.3 is 0 Å². The second-order valence-corrected chi connectivity index (χ2v) is 8.01. The molecule has 0 aliphatic carbocycles. The molecule has 4 N–H and O–H groups in total. The molecule has 2 amide bonds. The van der Waals surface area contributed by atoms with Gasteiger partial charge in [-0.05, 0) is 40.0 Å². The van der Waals surface area contributed by atoms with Gasteiger partial charge in [0.1, 0.15) is 24.2 Å². The maximum atomic E-state index is 12.9. The number of allylic oxidation sites excluding steroid dienone is 1. The number of ketones is 3. The van der Waals surface area contributed by atoms with E-state index in [4.69, 9.17) is 10.5 Å². The normalized spacial score (nSPS) is 15.7. The quantitative estimate of drug-likeness (QED) is 0.237. The Hall–Kier alpha value is -2.39. The van der Waals surface area contributed by atoms with Crippen molar-refractivity contribution in [3.8, 4) is 0 Å². The molecule has 0 saturated carbocycles. The Bertz CT molecular complexity index is 678. The lowest BCUT2D eigenvalue weighted by Gasteiger charge is -2.33. The molecule has 0 bridgehead atoms. The Morgan fingerprint density at radius 1 is 1.13 bits per heavy atom. The number of nitrogens with one attached hydrogen (secondary N) is 2. The monoisotopic (exact) mass is 439 g/mol. The molecule has 0 radical (unpaired) electrons. The lowest BCUT2D eigenvalue weighted by Crippen LogP contribution is -2.54. The van der Waals surface area contributed by atoms with Crippen molar-refractivity contribution < 1.29 is 28.7 Å². The molecule has 0 saturated heterocycles. The first-order valence-corrected chi connectivity index (χ1v) is 10.4. The highest BCUT2D eigenvalue weighted by Crippen LogP contribution is 2.32. The van der Waals surface area contributed by atoms with Gasteiger partial charge in [0.25, 0.3) is 0 Å². The number of ether oxygens (including phenoxy) is 1. The molecule has 9 nitrogen and oxygen atoms in total. The summed E-state index contributed by atoms with van der Waals surface area (Å²) in [6.45, 7) is 11.6. The van der Waals surface area contributed by atoms with Crippen molar-refractivity contribution in [1.29, 1.82) is 0 Å². The molecule has 0 spiro atoms. The largest absolute Gasteiger partial charge is 0.370 e. The van der Waals surface area contributed by atoms with E-state index in [0.717, 1.165) is 0 Å². The van der Waals surface area contributed by atoms with Gasteiger partial charge in [-0.2, -0.15) is 0 Å². The molecule has 9 heteroatoms. The first kappa shape index (κ1) is 28.6. The molecule has 0 fully saturated rings. The number of carbonyl (C=O) groups excluding carboxylic acids is 5. The molecule has 4 atom stereocenters. The van der Waals surface area contributed by atoms with Crippen LogP contribution in [0, 0.1) is 11.3 Å². The highest BCUT2D eigenvalue weighted by Gasteiger charge is 2.36. The van der Waals surface area contributed by atoms with Gasteiger partial charge in [0.05, 0.1) is 12.6 Å². The predicted octanol–water partition coefficient (Wildman–Crippen LogP) is 0.697. The molecule has 0 rings (SSSR count). The summed E-state index contributed by atoms with van der Waals surface area (Å²) < 4.78 is 5.05. The first-order valence-electron chi connectivity index (χ1n) is 10.4. The zero-order valence-electron chi connectivity index (χ0n) is 19.3. The highest BCUT2D eigenvalue weighted by molar-refractivity contribution is 5.95. The van der Waals surface area contributed by atoms with E-state index in [1.165, 1.54) is 20.8 Å². The van der Waals surface area contributed by atoms with E-state index in [1.807, 2.05) is 6.92 Å². The Labute approximate surface area is 184 Å². The van der Waals surface area contributed by atoms with Crippen molar-refractivity contribution in [3.63, 3.8) is 0 Å². The highest BCUT2D eigenvalue weighted by atomic mass is 16.5. The molecular formula is C22H37N3O6. The fourth-order valence-electron chi connectivity index (χ4n) is 3.20. The van der Waals surface area contributed by atoms with Crippen molar-refractivity contribution in [2.45, 2.75) is 66.0 Å². The van der Waals surface area contributed by atoms with Gasteiger partial charge in [-0.1, -0.05) is 19.4 Å². The summed E-state index contributed by atoms with van der Waals surface area (Å²) in [4.78, 5) is 61.0. The van der Waals surface area contributed by atoms with Crippen LogP contribution in [0.15, 0.2) is 12.7 Å². The van der Waals surface area contributed by atoms with Crippen molar-refractivity contribution in [2.75, 3.05) is 19.8 Å². The molecule has 0 aromatic rings. The Kier molecular flexibility index (Phi) is 12.8. The van der Waals surface area contributed by atoms with Crippen LogP contribution >= 0.6 is 0 Å². The van der Waals surface area contributed by atoms with Crippen LogP contribution in [-0.4, -0.2) is 61.0 Å². The summed E-state index contributed by atoms with van der Waals surface area (Å²) in [6.07, 6.45) is 2.17. The number of Topliss-reactive ketones (excluding diaryl/α,β-unsaturated/α-hetero) is 3. The summed E-state index contributed by atoms with van der Waals surface area (Å²) in [6, 6.07) is -2.03. The second kappa shape index (κ2) is 13.8. The van der Waals surface area contributed by atoms with Gasteiger partial charge in [-0.3, -0.25) is 24.0 Å². The number of carbonyl (C=O) groups is 5. The molecule has 176 valence electrons. The van der Waals surface area contributed by atoms with Crippen LogP contribution in [0.1, 0.15) is 53.9 Å². The van der Waals surface area contributed by atoms with Crippen LogP contribution in [0.4, 0.5) is 0 Å². The van der Waals surface area contributed by atoms with E-state index in [9.17, 15) is 24.0 Å². The fraction of sp³-hybridized carbons (Fsp3) is 0.682. The number of nitrogens with two attached hydrogens (primary N) is 1. The van der Waals surface area contributed by atoms with E-state index >= 15 is 0 Å². The summed E-state index contributed by atoms with van der Waals surface area (Å²) in [7, 11) is 0. The van der Waals surface area contributed by atoms with Crippen LogP contribution in [0.25, 0.3) is 0 Å². The number of amides is 2. The van der Waals surface area contributed by atoms with Gasteiger partial charge in [-0.15, -0.1) is 6.58 Å². The van der Waals surface area contributed by atoms with E-state index < -0.39 is 29.3 Å². The van der Waals surface area contributed by atoms with Gasteiger partial charge in [0, 0.05) is 18.4 Å². The maximum absolute atomic E-state index is 12.9. The van der Waals surface area contributed by atoms with E-state index in [-0.39, 0.29) is 49.4 Å². The minimum absolute atomic E-state index is 0.0891. The molecule has 0 aliphatic rings. The predicted molar refractivity (Wildman–Crippen MR) is 117 cm³/mol. The molecule has 0 aliphatic heterocycles. The van der Waals surface area contributed by atoms with Gasteiger partial charge < -0.3 is 21.1 Å². The van der Waals surface area contributed by atoms with Crippen LogP contribution in [-0.2, 0) is 28.7 Å². The van der Waals surface area contributed by atoms with Crippen LogP contribution in [0.5, 0.6) is 0 Å². The minimum Gasteiger partial charge on any atom is -0.370 e. The average molecular weight is 440 g/mol. The van der Waals surface area contributed by atoms with Crippen molar-refractivity contribution in [1.82, 2.24) is 10.6 Å². The van der Waals surface area contributed by atoms with Crippen LogP contribution in [0.3, 0.4) is 0 Å². The SMILES string of the molecule is C=CC(C)(CC(CC)C(NC(=O)C(CC(C)=O)NC(=O)COCCN)C(C)=O)C(C)=O. The average Bonchev–Trinajstić information content (AvgIpc) is 2.69. The topological polar surface area (TPSA) is 145 Å². The Morgan fingerprint density at radius 2 is 1.74 bits per heavy atom. The maximum Gasteiger partial charge on any atom is 0.246 e. The zero-order valence-corrected chi connectivity index (χ0v) is 19.3. The smallest absolute Gasteiger partial charge is 0.246 e. The lowest BCUT2D eigenvalue weighted by molar-refractivity contribution is -0.135. The molecule has 0 heterocycles. The standard InChI is InChI=1S/C22H37N3O6/c1-7-17(12-22(6,8-2)16(5)28)20(15(4)27)25-21(30)18(11-14(3)26)24-19(29)13-31-10-9-23/h8,17-18,20H,2,7,9-13,23H2,1,3-6H3,(H,24,29)(H,25,30). The van der Waals surface area contributed by atoms with E-state index in [2.05, 4.69) is 17.2 Å². The van der Waals surface area contributed by atoms with Crippen molar-refractivity contribution in [2.24, 2.45) is 17.1 Å². The van der Waals surface area contributed by atoms with Crippen LogP contribution < -0.4 is 16.4 Å². The van der Waals surface area contributed by atoms with Crippen LogP contribution in [0.2, 0.25) is 0 Å². The molecule has 0 aromatic carbocycles. The number of hydrogen-bond donors (Lipinski definition) is 3. The third kappa shape index (κ3) is 9.97. The van der Waals surface area contributed by atoms with Crippen molar-refractivity contribution in [3.05, 3.63) is 12.7 Å². The van der Waals surface area contributed by atoms with E-state index in [0.29, 0.717) is 12.8 Å². The Morgan fingerprint density at radius 3 is 2.16 bits per heavy atom. The minimum atomic E-state index is -1.15. The Balaban J connectivity index is 5.50. The fourth-order valence-corrected chi connectivity index (χ4v) is 3.20. The van der Waals surface area contributed by atoms with Gasteiger partial charge in [-0.25, -0.2) is 0 Å². The van der Waals surface area contributed by atoms with Gasteiger partial charge in [0.15, 0.2) is 5.78 Å². The molecule has 4 unspecified atom stereocenters. The van der Waals surface area contributed by atoms with E-state index in [1.54, 1.807) is 13.0 Å². The summed E-state index contributed by atoms with van der Waals surface area (Å²) in [5, 5.41) is 5.14. The zero-order chi connectivity index (χ0) is 24.2. The van der Waals surface area contributed by atoms with Crippen molar-refractivity contribution >= 4 is 29.2 Å². The summed E-state index contributed by atoms with van der Waals surface area (Å²) >= 11 is 0. The molecule has 0 aromatic heterocycles. The number of rotatable bonds is 16. The third-order valence-electron chi connectivity index (χ3n) is 5.31. The first-order chi connectivity index (χ1) is 14.4. The number of hydrogen-bond acceptors (Lipinski definition) is 7. The molecule has 31 heavy (non-hydrogen) atoms. The third-order valence-corrected chi connectivity index (χ3v) is 5.31. The molecular weight excluding hydrogens is 402 g/mol. The van der Waals surface area contributed by atoms with Gasteiger partial charge in [0.2, 0.25) is 11.8 Å². The summed E-state index contributed by atoms with van der Waals surface area (Å²) in [5.74, 6) is -2.23. The summed E-state index contributed by atoms with van der Waals surface area (Å²) in [5.41, 5.74) is 4.46.